The van der Waals surface area contributed by atoms with Gasteiger partial charge in [-0.1, -0.05) is 29.5 Å². The standard InChI is InChI=1S/C12H19NO/c14-13-12-10-8-6-4-2-1-3-5-7-9-11-12/h4,6-7,9,14H,1-3,5,8,10-11H2. The maximum atomic E-state index is 8.73. The van der Waals surface area contributed by atoms with E-state index in [1.807, 2.05) is 0 Å². The molecule has 1 N–H and O–H groups in total. The van der Waals surface area contributed by atoms with Crippen LogP contribution in [-0.4, -0.2) is 10.9 Å². The van der Waals surface area contributed by atoms with Gasteiger partial charge in [-0.3, -0.25) is 0 Å². The van der Waals surface area contributed by atoms with Crippen LogP contribution >= 0.6 is 0 Å². The molecule has 0 aromatic carbocycles. The van der Waals surface area contributed by atoms with Crippen molar-refractivity contribution in [2.45, 2.75) is 44.9 Å². The van der Waals surface area contributed by atoms with E-state index in [4.69, 9.17) is 5.21 Å². The number of allylic oxidation sites excluding steroid dienone is 4. The highest BCUT2D eigenvalue weighted by Crippen LogP contribution is 2.07. The fourth-order valence-corrected chi connectivity index (χ4v) is 1.54. The summed E-state index contributed by atoms with van der Waals surface area (Å²) < 4.78 is 0. The van der Waals surface area contributed by atoms with Crippen molar-refractivity contribution in [1.29, 1.82) is 0 Å². The van der Waals surface area contributed by atoms with Crippen LogP contribution in [0.2, 0.25) is 0 Å². The zero-order valence-electron chi connectivity index (χ0n) is 8.65. The monoisotopic (exact) mass is 193 g/mol. The molecule has 0 fully saturated rings. The number of rotatable bonds is 0. The lowest BCUT2D eigenvalue weighted by Gasteiger charge is -2.00. The highest BCUT2D eigenvalue weighted by molar-refractivity contribution is 5.85. The minimum Gasteiger partial charge on any atom is -0.411 e. The Morgan fingerprint density at radius 3 is 2.29 bits per heavy atom. The molecule has 2 nitrogen and oxygen atoms in total. The van der Waals surface area contributed by atoms with Gasteiger partial charge in [0.25, 0.3) is 0 Å². The summed E-state index contributed by atoms with van der Waals surface area (Å²) in [4.78, 5) is 0. The molecule has 0 spiro atoms. The molecule has 2 heteroatoms. The van der Waals surface area contributed by atoms with Gasteiger partial charge in [0, 0.05) is 6.42 Å². The largest absolute Gasteiger partial charge is 0.411 e. The molecule has 0 aliphatic heterocycles. The van der Waals surface area contributed by atoms with Gasteiger partial charge in [0.1, 0.15) is 0 Å². The molecule has 0 aromatic heterocycles. The van der Waals surface area contributed by atoms with Crippen LogP contribution in [0.25, 0.3) is 0 Å². The van der Waals surface area contributed by atoms with E-state index >= 15 is 0 Å². The van der Waals surface area contributed by atoms with E-state index in [1.165, 1.54) is 19.3 Å². The number of oxime groups is 1. The van der Waals surface area contributed by atoms with Crippen molar-refractivity contribution < 1.29 is 5.21 Å². The van der Waals surface area contributed by atoms with Crippen LogP contribution in [0.4, 0.5) is 0 Å². The Labute approximate surface area is 86.0 Å². The fourth-order valence-electron chi connectivity index (χ4n) is 1.54. The summed E-state index contributed by atoms with van der Waals surface area (Å²) in [7, 11) is 0. The molecule has 1 aliphatic rings. The molecular formula is C12H19NO. The second-order valence-corrected chi connectivity index (χ2v) is 3.64. The first-order valence-corrected chi connectivity index (χ1v) is 5.43. The Morgan fingerprint density at radius 1 is 0.929 bits per heavy atom. The van der Waals surface area contributed by atoms with Gasteiger partial charge < -0.3 is 5.21 Å². The van der Waals surface area contributed by atoms with Gasteiger partial charge >= 0.3 is 0 Å². The first-order chi connectivity index (χ1) is 6.93. The summed E-state index contributed by atoms with van der Waals surface area (Å²) in [5, 5.41) is 12.0. The minimum absolute atomic E-state index is 0.796. The van der Waals surface area contributed by atoms with Crippen molar-refractivity contribution in [2.75, 3.05) is 0 Å². The third kappa shape index (κ3) is 4.85. The van der Waals surface area contributed by atoms with Gasteiger partial charge in [0.15, 0.2) is 0 Å². The van der Waals surface area contributed by atoms with Crippen LogP contribution in [0.1, 0.15) is 44.9 Å². The van der Waals surface area contributed by atoms with E-state index in [-0.39, 0.29) is 0 Å². The van der Waals surface area contributed by atoms with Crippen molar-refractivity contribution in [3.8, 4) is 0 Å². The van der Waals surface area contributed by atoms with Gasteiger partial charge in [0.05, 0.1) is 5.71 Å². The van der Waals surface area contributed by atoms with Crippen molar-refractivity contribution >= 4 is 5.71 Å². The van der Waals surface area contributed by atoms with Crippen LogP contribution in [0, 0.1) is 0 Å². The molecule has 14 heavy (non-hydrogen) atoms. The summed E-state index contributed by atoms with van der Waals surface area (Å²) in [5.74, 6) is 0. The Balaban J connectivity index is 2.43. The second-order valence-electron chi connectivity index (χ2n) is 3.64. The summed E-state index contributed by atoms with van der Waals surface area (Å²) in [6, 6.07) is 0. The van der Waals surface area contributed by atoms with Gasteiger partial charge in [-0.2, -0.15) is 0 Å². The predicted octanol–water partition coefficient (Wildman–Crippen LogP) is 3.67. The molecule has 78 valence electrons. The molecule has 1 aliphatic carbocycles. The first kappa shape index (κ1) is 11.0. The van der Waals surface area contributed by atoms with Crippen LogP contribution in [-0.2, 0) is 0 Å². The molecule has 0 bridgehead atoms. The Bertz CT molecular complexity index is 228. The van der Waals surface area contributed by atoms with Gasteiger partial charge in [-0.05, 0) is 38.5 Å². The van der Waals surface area contributed by atoms with E-state index < -0.39 is 0 Å². The molecule has 0 saturated carbocycles. The van der Waals surface area contributed by atoms with E-state index in [1.54, 1.807) is 0 Å². The molecule has 0 unspecified atom stereocenters. The predicted molar refractivity (Wildman–Crippen MR) is 59.8 cm³/mol. The first-order valence-electron chi connectivity index (χ1n) is 5.43. The average Bonchev–Trinajstić information content (AvgIpc) is 2.19. The van der Waals surface area contributed by atoms with Crippen LogP contribution in [0.3, 0.4) is 0 Å². The highest BCUT2D eigenvalue weighted by atomic mass is 16.4. The third-order valence-corrected chi connectivity index (χ3v) is 2.42. The minimum atomic E-state index is 0.796. The molecule has 1 rings (SSSR count). The maximum Gasteiger partial charge on any atom is 0.0611 e. The molecule has 0 aromatic rings. The van der Waals surface area contributed by atoms with Crippen LogP contribution in [0.15, 0.2) is 29.5 Å². The maximum absolute atomic E-state index is 8.73. The van der Waals surface area contributed by atoms with Gasteiger partial charge in [-0.25, -0.2) is 0 Å². The average molecular weight is 193 g/mol. The van der Waals surface area contributed by atoms with Gasteiger partial charge in [-0.15, -0.1) is 0 Å². The molecular weight excluding hydrogens is 174 g/mol. The zero-order chi connectivity index (χ0) is 10.1. The van der Waals surface area contributed by atoms with E-state index in [0.717, 1.165) is 31.4 Å². The molecule has 0 amide bonds. The lowest BCUT2D eigenvalue weighted by atomic mass is 10.1. The summed E-state index contributed by atoms with van der Waals surface area (Å²) in [5.41, 5.74) is 0.881. The van der Waals surface area contributed by atoms with E-state index in [9.17, 15) is 0 Å². The number of nitrogens with zero attached hydrogens (tertiary/aromatic N) is 1. The lowest BCUT2D eigenvalue weighted by Crippen LogP contribution is -1.95. The van der Waals surface area contributed by atoms with Gasteiger partial charge in [0.2, 0.25) is 0 Å². The van der Waals surface area contributed by atoms with Crippen molar-refractivity contribution in [3.05, 3.63) is 24.3 Å². The molecule has 0 saturated heterocycles. The normalized spacial score (nSPS) is 23.0. The SMILES string of the molecule is ON=C1CC=CCCCCC=CCC1. The molecule has 0 atom stereocenters. The quantitative estimate of drug-likeness (QED) is 0.355. The topological polar surface area (TPSA) is 32.6 Å². The summed E-state index contributed by atoms with van der Waals surface area (Å²) >= 11 is 0. The number of hydrogen-bond acceptors (Lipinski definition) is 2. The molecule has 0 radical (unpaired) electrons. The Hall–Kier alpha value is -1.05. The Morgan fingerprint density at radius 2 is 1.57 bits per heavy atom. The fraction of sp³-hybridized carbons (Fsp3) is 0.583. The van der Waals surface area contributed by atoms with E-state index in [0.29, 0.717) is 0 Å². The smallest absolute Gasteiger partial charge is 0.0611 e. The van der Waals surface area contributed by atoms with Crippen LogP contribution in [0.5, 0.6) is 0 Å². The second kappa shape index (κ2) is 7.36. The van der Waals surface area contributed by atoms with Crippen molar-refractivity contribution in [2.24, 2.45) is 5.16 Å². The highest BCUT2D eigenvalue weighted by Gasteiger charge is 1.96. The summed E-state index contributed by atoms with van der Waals surface area (Å²) in [6.45, 7) is 0. The Kier molecular flexibility index (Phi) is 5.80. The zero-order valence-corrected chi connectivity index (χ0v) is 8.65. The number of hydrogen-bond donors (Lipinski definition) is 1. The lowest BCUT2D eigenvalue weighted by molar-refractivity contribution is 0.316. The van der Waals surface area contributed by atoms with Crippen molar-refractivity contribution in [1.82, 2.24) is 0 Å². The van der Waals surface area contributed by atoms with Crippen molar-refractivity contribution in [3.63, 3.8) is 0 Å². The molecule has 0 heterocycles. The van der Waals surface area contributed by atoms with E-state index in [2.05, 4.69) is 29.5 Å². The summed E-state index contributed by atoms with van der Waals surface area (Å²) in [6.07, 6.45) is 16.3. The third-order valence-electron chi connectivity index (χ3n) is 2.42. The van der Waals surface area contributed by atoms with Crippen LogP contribution < -0.4 is 0 Å².